The minimum atomic E-state index is -1.89. The molecule has 9 heteroatoms. The zero-order chi connectivity index (χ0) is 34.2. The smallest absolute Gasteiger partial charge is 0.416 e. The van der Waals surface area contributed by atoms with Crippen LogP contribution in [0.1, 0.15) is 66.0 Å². The lowest BCUT2D eigenvalue weighted by Gasteiger charge is -2.38. The number of nitrogens with zero attached hydrogens (tertiary/aromatic N) is 1. The number of aliphatic hydroxyl groups excluding tert-OH is 1. The van der Waals surface area contributed by atoms with Gasteiger partial charge < -0.3 is 23.7 Å². The highest BCUT2D eigenvalue weighted by Crippen LogP contribution is 2.37. The van der Waals surface area contributed by atoms with Crippen molar-refractivity contribution in [3.05, 3.63) is 65.7 Å². The first-order valence-electron chi connectivity index (χ1n) is 16.7. The van der Waals surface area contributed by atoms with Gasteiger partial charge in [-0.15, -0.1) is 0 Å². The largest absolute Gasteiger partial charge is 0.497 e. The van der Waals surface area contributed by atoms with Crippen LogP contribution < -0.4 is 4.74 Å². The molecule has 1 aliphatic heterocycles. The van der Waals surface area contributed by atoms with Crippen LogP contribution in [0.3, 0.4) is 0 Å². The second-order valence-corrected chi connectivity index (χ2v) is 19.6. The topological polar surface area (TPSA) is 94.5 Å². The first-order chi connectivity index (χ1) is 21.6. The number of hydrogen-bond acceptors (Lipinski definition) is 7. The molecule has 1 heterocycles. The number of rotatable bonds is 16. The highest BCUT2D eigenvalue weighted by molar-refractivity contribution is 6.74. The van der Waals surface area contributed by atoms with Crippen molar-refractivity contribution in [1.82, 2.24) is 4.90 Å². The number of methoxy groups -OCH3 is 1. The summed E-state index contributed by atoms with van der Waals surface area (Å²) in [4.78, 5) is 27.7. The van der Waals surface area contributed by atoms with Crippen LogP contribution in [-0.4, -0.2) is 68.9 Å². The Morgan fingerprint density at radius 2 is 1.65 bits per heavy atom. The van der Waals surface area contributed by atoms with Gasteiger partial charge in [-0.1, -0.05) is 90.9 Å². The molecule has 0 aliphatic carbocycles. The van der Waals surface area contributed by atoms with Crippen molar-refractivity contribution in [3.63, 3.8) is 0 Å². The second kappa shape index (κ2) is 16.4. The molecule has 46 heavy (non-hydrogen) atoms. The van der Waals surface area contributed by atoms with Gasteiger partial charge in [-0.05, 0) is 66.1 Å². The Kier molecular flexibility index (Phi) is 13.5. The fraction of sp³-hybridized carbons (Fsp3) is 0.622. The van der Waals surface area contributed by atoms with Gasteiger partial charge in [0.25, 0.3) is 0 Å². The van der Waals surface area contributed by atoms with Crippen LogP contribution in [0.15, 0.2) is 54.6 Å². The molecule has 2 amide bonds. The lowest BCUT2D eigenvalue weighted by molar-refractivity contribution is -0.141. The monoisotopic (exact) mass is 655 g/mol. The van der Waals surface area contributed by atoms with Crippen molar-refractivity contribution in [2.24, 2.45) is 23.7 Å². The number of amides is 2. The Bertz CT molecular complexity index is 1250. The maximum atomic E-state index is 13.8. The SMILES string of the molecule is COc1ccc(CO[C@H]([C@@H](C)[C@H](O)[C@@H](C)C(=O)N2C(=O)OC[C@H]2Cc2ccccc2)[C@@H](C)C[C@@H](C)CO[Si](C)(C)C(C)(C)C)cc1. The summed E-state index contributed by atoms with van der Waals surface area (Å²) >= 11 is 0. The Labute approximate surface area is 277 Å². The van der Waals surface area contributed by atoms with E-state index in [9.17, 15) is 14.7 Å². The summed E-state index contributed by atoms with van der Waals surface area (Å²) in [5, 5.41) is 11.8. The van der Waals surface area contributed by atoms with E-state index in [4.69, 9.17) is 18.6 Å². The molecule has 0 spiro atoms. The predicted molar refractivity (Wildman–Crippen MR) is 184 cm³/mol. The van der Waals surface area contributed by atoms with Crippen molar-refractivity contribution < 1.29 is 33.3 Å². The van der Waals surface area contributed by atoms with Crippen LogP contribution in [0.5, 0.6) is 5.75 Å². The zero-order valence-electron chi connectivity index (χ0n) is 29.6. The van der Waals surface area contributed by atoms with Gasteiger partial charge in [-0.2, -0.15) is 0 Å². The number of imide groups is 1. The van der Waals surface area contributed by atoms with Gasteiger partial charge in [-0.3, -0.25) is 4.79 Å². The maximum Gasteiger partial charge on any atom is 0.416 e. The summed E-state index contributed by atoms with van der Waals surface area (Å²) in [7, 11) is -0.256. The van der Waals surface area contributed by atoms with E-state index in [0.29, 0.717) is 19.6 Å². The molecule has 1 aliphatic rings. The molecule has 1 N–H and O–H groups in total. The molecule has 3 rings (SSSR count). The third-order valence-corrected chi connectivity index (χ3v) is 14.4. The van der Waals surface area contributed by atoms with Crippen LogP contribution in [0.4, 0.5) is 4.79 Å². The lowest BCUT2D eigenvalue weighted by Crippen LogP contribution is -2.49. The van der Waals surface area contributed by atoms with Crippen molar-refractivity contribution in [3.8, 4) is 5.75 Å². The molecule has 0 bridgehead atoms. The average molecular weight is 656 g/mol. The van der Waals surface area contributed by atoms with Crippen LogP contribution >= 0.6 is 0 Å². The summed E-state index contributed by atoms with van der Waals surface area (Å²) in [6, 6.07) is 17.0. The molecule has 256 valence electrons. The Morgan fingerprint density at radius 3 is 2.24 bits per heavy atom. The summed E-state index contributed by atoms with van der Waals surface area (Å²) in [5.74, 6) is -0.556. The van der Waals surface area contributed by atoms with E-state index >= 15 is 0 Å². The van der Waals surface area contributed by atoms with E-state index in [0.717, 1.165) is 23.3 Å². The molecule has 0 unspecified atom stereocenters. The zero-order valence-corrected chi connectivity index (χ0v) is 30.6. The minimum Gasteiger partial charge on any atom is -0.497 e. The number of ether oxygens (including phenoxy) is 3. The van der Waals surface area contributed by atoms with Gasteiger partial charge in [0, 0.05) is 12.5 Å². The minimum absolute atomic E-state index is 0.0609. The van der Waals surface area contributed by atoms with Crippen molar-refractivity contribution in [1.29, 1.82) is 0 Å². The molecule has 2 aromatic rings. The molecule has 1 saturated heterocycles. The third kappa shape index (κ3) is 9.89. The third-order valence-electron chi connectivity index (χ3n) is 9.94. The first-order valence-corrected chi connectivity index (χ1v) is 19.6. The quantitative estimate of drug-likeness (QED) is 0.187. The van der Waals surface area contributed by atoms with Gasteiger partial charge >= 0.3 is 6.09 Å². The molecule has 8 nitrogen and oxygen atoms in total. The number of carbonyl (C=O) groups is 2. The number of hydrogen-bond donors (Lipinski definition) is 1. The fourth-order valence-electron chi connectivity index (χ4n) is 5.93. The summed E-state index contributed by atoms with van der Waals surface area (Å²) < 4.78 is 23.7. The summed E-state index contributed by atoms with van der Waals surface area (Å²) in [5.41, 5.74) is 2.00. The van der Waals surface area contributed by atoms with E-state index in [-0.39, 0.29) is 29.6 Å². The molecule has 0 saturated carbocycles. The van der Waals surface area contributed by atoms with E-state index in [1.165, 1.54) is 4.90 Å². The summed E-state index contributed by atoms with van der Waals surface area (Å²) in [6.45, 7) is 20.4. The van der Waals surface area contributed by atoms with Crippen molar-refractivity contribution in [2.75, 3.05) is 20.3 Å². The van der Waals surface area contributed by atoms with Gasteiger partial charge in [-0.25, -0.2) is 9.69 Å². The molecular formula is C37H57NO7Si. The standard InChI is InChI=1S/C37H57NO7Si/c1-25(22-45-46(9,10)37(5,6)7)20-26(2)34(43-23-30-16-18-32(42-8)19-17-30)27(3)33(39)28(4)35(40)38-31(24-44-36(38)41)21-29-14-12-11-13-15-29/h11-19,25-28,31,33-34,39H,20-24H2,1-10H3/t25-,26+,27+,28-,31-,33+,34+/m1/s1. The van der Waals surface area contributed by atoms with Crippen LogP contribution in [0.25, 0.3) is 0 Å². The number of carbonyl (C=O) groups excluding carboxylic acids is 2. The number of cyclic esters (lactones) is 1. The molecular weight excluding hydrogens is 598 g/mol. The van der Waals surface area contributed by atoms with E-state index in [2.05, 4.69) is 47.7 Å². The van der Waals surface area contributed by atoms with E-state index in [1.54, 1.807) is 14.0 Å². The van der Waals surface area contributed by atoms with Crippen LogP contribution in [-0.2, 0) is 31.7 Å². The second-order valence-electron chi connectivity index (χ2n) is 14.8. The number of aliphatic hydroxyl groups is 1. The molecule has 0 radical (unpaired) electrons. The normalized spacial score (nSPS) is 19.6. The molecule has 0 aromatic heterocycles. The Balaban J connectivity index is 1.75. The maximum absolute atomic E-state index is 13.8. The van der Waals surface area contributed by atoms with Gasteiger partial charge in [0.2, 0.25) is 5.91 Å². The van der Waals surface area contributed by atoms with Crippen molar-refractivity contribution >= 4 is 20.3 Å². The van der Waals surface area contributed by atoms with Crippen molar-refractivity contribution in [2.45, 2.75) is 104 Å². The molecule has 1 fully saturated rings. The van der Waals surface area contributed by atoms with E-state index < -0.39 is 44.3 Å². The van der Waals surface area contributed by atoms with Gasteiger partial charge in [0.1, 0.15) is 12.4 Å². The lowest BCUT2D eigenvalue weighted by atomic mass is 9.80. The Morgan fingerprint density at radius 1 is 1.02 bits per heavy atom. The molecule has 2 aromatic carbocycles. The number of benzene rings is 2. The summed E-state index contributed by atoms with van der Waals surface area (Å²) in [6.07, 6.45) is -0.725. The highest BCUT2D eigenvalue weighted by atomic mass is 28.4. The Hall–Kier alpha value is -2.72. The van der Waals surface area contributed by atoms with Gasteiger partial charge in [0.05, 0.1) is 37.9 Å². The van der Waals surface area contributed by atoms with E-state index in [1.807, 2.05) is 61.5 Å². The first kappa shape index (κ1) is 37.7. The van der Waals surface area contributed by atoms with Gasteiger partial charge in [0.15, 0.2) is 8.32 Å². The highest BCUT2D eigenvalue weighted by Gasteiger charge is 2.44. The van der Waals surface area contributed by atoms with Crippen LogP contribution in [0, 0.1) is 23.7 Å². The average Bonchev–Trinajstić information content (AvgIpc) is 3.38. The van der Waals surface area contributed by atoms with Crippen LogP contribution in [0.2, 0.25) is 18.1 Å². The molecule has 7 atom stereocenters. The predicted octanol–water partition coefficient (Wildman–Crippen LogP) is 7.49. The fourth-order valence-corrected chi connectivity index (χ4v) is 7.07.